The molecule has 0 aliphatic rings. The fourth-order valence-electron chi connectivity index (χ4n) is 1.87. The number of hydrazine groups is 1. The summed E-state index contributed by atoms with van der Waals surface area (Å²) in [7, 11) is 0. The van der Waals surface area contributed by atoms with E-state index in [0.29, 0.717) is 15.1 Å². The second-order valence-electron chi connectivity index (χ2n) is 4.02. The molecule has 7 heteroatoms. The molecule has 0 fully saturated rings. The lowest BCUT2D eigenvalue weighted by Gasteiger charge is -2.20. The average molecular weight is 426 g/mol. The zero-order valence-corrected chi connectivity index (χ0v) is 13.9. The molecular formula is C13H9Br2ClF2N2. The van der Waals surface area contributed by atoms with Gasteiger partial charge in [0.15, 0.2) is 0 Å². The molecule has 2 aromatic carbocycles. The zero-order valence-electron chi connectivity index (χ0n) is 9.93. The van der Waals surface area contributed by atoms with Crippen LogP contribution in [0.2, 0.25) is 5.02 Å². The molecule has 0 aromatic heterocycles. The lowest BCUT2D eigenvalue weighted by Crippen LogP contribution is -2.30. The first-order valence-corrected chi connectivity index (χ1v) is 7.46. The lowest BCUT2D eigenvalue weighted by molar-refractivity contribution is 0.507. The van der Waals surface area contributed by atoms with E-state index in [4.69, 9.17) is 17.4 Å². The first kappa shape index (κ1) is 15.9. The Morgan fingerprint density at radius 3 is 2.40 bits per heavy atom. The van der Waals surface area contributed by atoms with E-state index in [1.165, 1.54) is 12.1 Å². The zero-order chi connectivity index (χ0) is 14.9. The second-order valence-corrected chi connectivity index (χ2v) is 6.17. The molecule has 0 bridgehead atoms. The van der Waals surface area contributed by atoms with Crippen molar-refractivity contribution in [1.29, 1.82) is 0 Å². The molecule has 3 N–H and O–H groups in total. The largest absolute Gasteiger partial charge is 0.271 e. The Balaban J connectivity index is 2.61. The van der Waals surface area contributed by atoms with Crippen LogP contribution in [0.3, 0.4) is 0 Å². The Bertz CT molecular complexity index is 653. The molecule has 20 heavy (non-hydrogen) atoms. The number of hydrogen-bond donors (Lipinski definition) is 2. The SMILES string of the molecule is NNC(c1ccc(Cl)cc1Br)c1c(F)ccc(Br)c1F. The van der Waals surface area contributed by atoms with E-state index < -0.39 is 17.7 Å². The van der Waals surface area contributed by atoms with Crippen molar-refractivity contribution >= 4 is 43.5 Å². The smallest absolute Gasteiger partial charge is 0.145 e. The molecule has 0 aliphatic heterocycles. The van der Waals surface area contributed by atoms with Gasteiger partial charge in [-0.2, -0.15) is 0 Å². The topological polar surface area (TPSA) is 38.0 Å². The predicted molar refractivity (Wildman–Crippen MR) is 82.4 cm³/mol. The van der Waals surface area contributed by atoms with Crippen molar-refractivity contribution in [3.05, 3.63) is 67.1 Å². The van der Waals surface area contributed by atoms with Crippen LogP contribution in [0.5, 0.6) is 0 Å². The van der Waals surface area contributed by atoms with Crippen LogP contribution < -0.4 is 11.3 Å². The van der Waals surface area contributed by atoms with Crippen LogP contribution in [-0.4, -0.2) is 0 Å². The average Bonchev–Trinajstić information content (AvgIpc) is 2.40. The van der Waals surface area contributed by atoms with Crippen molar-refractivity contribution in [3.8, 4) is 0 Å². The van der Waals surface area contributed by atoms with Gasteiger partial charge in [-0.25, -0.2) is 14.2 Å². The Kier molecular flexibility index (Phi) is 5.14. The number of halogens is 5. The van der Waals surface area contributed by atoms with E-state index in [1.807, 2.05) is 0 Å². The van der Waals surface area contributed by atoms with E-state index >= 15 is 0 Å². The maximum Gasteiger partial charge on any atom is 0.145 e. The summed E-state index contributed by atoms with van der Waals surface area (Å²) in [5, 5.41) is 0.506. The summed E-state index contributed by atoms with van der Waals surface area (Å²) in [5.74, 6) is 4.10. The predicted octanol–water partition coefficient (Wildman–Crippen LogP) is 4.70. The monoisotopic (exact) mass is 424 g/mol. The van der Waals surface area contributed by atoms with Crippen molar-refractivity contribution in [2.45, 2.75) is 6.04 Å². The number of benzene rings is 2. The highest BCUT2D eigenvalue weighted by atomic mass is 79.9. The molecule has 0 radical (unpaired) electrons. The van der Waals surface area contributed by atoms with Crippen molar-refractivity contribution in [3.63, 3.8) is 0 Å². The summed E-state index contributed by atoms with van der Waals surface area (Å²) in [6.45, 7) is 0. The van der Waals surface area contributed by atoms with Gasteiger partial charge < -0.3 is 0 Å². The van der Waals surface area contributed by atoms with Crippen LogP contribution in [-0.2, 0) is 0 Å². The number of nitrogens with two attached hydrogens (primary N) is 1. The standard InChI is InChI=1S/C13H9Br2ClF2N2/c14-8-3-4-10(17)11(12(8)18)13(20-19)7-2-1-6(16)5-9(7)15/h1-5,13,20H,19H2. The fourth-order valence-corrected chi connectivity index (χ4v) is 3.13. The van der Waals surface area contributed by atoms with Gasteiger partial charge in [-0.05, 0) is 45.8 Å². The number of hydrogen-bond acceptors (Lipinski definition) is 2. The molecule has 2 nitrogen and oxygen atoms in total. The van der Waals surface area contributed by atoms with E-state index in [0.717, 1.165) is 0 Å². The van der Waals surface area contributed by atoms with Gasteiger partial charge in [-0.1, -0.05) is 33.6 Å². The minimum Gasteiger partial charge on any atom is -0.271 e. The molecule has 2 aromatic rings. The van der Waals surface area contributed by atoms with Crippen molar-refractivity contribution in [2.75, 3.05) is 0 Å². The Labute approximate surface area is 136 Å². The summed E-state index contributed by atoms with van der Waals surface area (Å²) in [6.07, 6.45) is 0. The van der Waals surface area contributed by atoms with Crippen molar-refractivity contribution in [1.82, 2.24) is 5.43 Å². The first-order chi connectivity index (χ1) is 9.45. The van der Waals surface area contributed by atoms with Crippen LogP contribution in [0, 0.1) is 11.6 Å². The van der Waals surface area contributed by atoms with E-state index in [-0.39, 0.29) is 10.0 Å². The molecule has 0 spiro atoms. The fraction of sp³-hybridized carbons (Fsp3) is 0.0769. The molecule has 106 valence electrons. The lowest BCUT2D eigenvalue weighted by atomic mass is 9.98. The van der Waals surface area contributed by atoms with Crippen LogP contribution in [0.4, 0.5) is 8.78 Å². The van der Waals surface area contributed by atoms with Gasteiger partial charge in [0, 0.05) is 15.1 Å². The number of nitrogens with one attached hydrogen (secondary N) is 1. The minimum atomic E-state index is -0.848. The highest BCUT2D eigenvalue weighted by Crippen LogP contribution is 2.34. The molecule has 0 saturated heterocycles. The molecule has 0 heterocycles. The Morgan fingerprint density at radius 2 is 1.80 bits per heavy atom. The quantitative estimate of drug-likeness (QED) is 0.424. The third-order valence-corrected chi connectivity index (χ3v) is 4.34. The van der Waals surface area contributed by atoms with Gasteiger partial charge >= 0.3 is 0 Å². The van der Waals surface area contributed by atoms with Crippen molar-refractivity contribution in [2.24, 2.45) is 5.84 Å². The van der Waals surface area contributed by atoms with Gasteiger partial charge in [0.25, 0.3) is 0 Å². The summed E-state index contributed by atoms with van der Waals surface area (Å²) < 4.78 is 28.9. The van der Waals surface area contributed by atoms with Gasteiger partial charge in [0.05, 0.1) is 10.5 Å². The Morgan fingerprint density at radius 1 is 1.10 bits per heavy atom. The van der Waals surface area contributed by atoms with E-state index in [2.05, 4.69) is 37.3 Å². The summed E-state index contributed by atoms with van der Waals surface area (Å²) in [6, 6.07) is 6.54. The first-order valence-electron chi connectivity index (χ1n) is 5.50. The van der Waals surface area contributed by atoms with Crippen LogP contribution in [0.1, 0.15) is 17.2 Å². The Hall–Kier alpha value is -0.530. The van der Waals surface area contributed by atoms with Crippen LogP contribution >= 0.6 is 43.5 Å². The highest BCUT2D eigenvalue weighted by Gasteiger charge is 2.24. The normalized spacial score (nSPS) is 12.5. The van der Waals surface area contributed by atoms with Gasteiger partial charge in [0.2, 0.25) is 0 Å². The summed E-state index contributed by atoms with van der Waals surface area (Å²) >= 11 is 12.2. The molecule has 1 unspecified atom stereocenters. The maximum atomic E-state index is 14.2. The highest BCUT2D eigenvalue weighted by molar-refractivity contribution is 9.10. The van der Waals surface area contributed by atoms with E-state index in [9.17, 15) is 8.78 Å². The maximum absolute atomic E-state index is 14.2. The second kappa shape index (κ2) is 6.49. The summed E-state index contributed by atoms with van der Waals surface area (Å²) in [5.41, 5.74) is 2.84. The third kappa shape index (κ3) is 3.04. The van der Waals surface area contributed by atoms with Crippen molar-refractivity contribution < 1.29 is 8.78 Å². The molecular weight excluding hydrogens is 417 g/mol. The van der Waals surface area contributed by atoms with E-state index in [1.54, 1.807) is 18.2 Å². The molecule has 1 atom stereocenters. The van der Waals surface area contributed by atoms with Crippen LogP contribution in [0.25, 0.3) is 0 Å². The molecule has 0 saturated carbocycles. The number of rotatable bonds is 3. The molecule has 0 amide bonds. The van der Waals surface area contributed by atoms with Gasteiger partial charge in [0.1, 0.15) is 11.6 Å². The van der Waals surface area contributed by atoms with Gasteiger partial charge in [-0.15, -0.1) is 0 Å². The molecule has 2 rings (SSSR count). The molecule has 0 aliphatic carbocycles. The van der Waals surface area contributed by atoms with Crippen LogP contribution in [0.15, 0.2) is 39.3 Å². The summed E-state index contributed by atoms with van der Waals surface area (Å²) in [4.78, 5) is 0. The third-order valence-electron chi connectivity index (χ3n) is 2.81. The van der Waals surface area contributed by atoms with Gasteiger partial charge in [-0.3, -0.25) is 5.84 Å². The minimum absolute atomic E-state index is 0.162.